The van der Waals surface area contributed by atoms with Gasteiger partial charge in [0.05, 0.1) is 5.52 Å². The van der Waals surface area contributed by atoms with Crippen LogP contribution in [0, 0.1) is 19.8 Å². The quantitative estimate of drug-likeness (QED) is 0.203. The monoisotopic (exact) mass is 455 g/mol. The molecule has 0 radical (unpaired) electrons. The summed E-state index contributed by atoms with van der Waals surface area (Å²) in [4.78, 5) is 9.55. The molecular formula is C32H29N3. The molecular weight excluding hydrogens is 426 g/mol. The summed E-state index contributed by atoms with van der Waals surface area (Å²) < 4.78 is 2.41. The molecule has 5 aromatic rings. The lowest BCUT2D eigenvalue weighted by Gasteiger charge is -2.39. The molecule has 0 saturated carbocycles. The van der Waals surface area contributed by atoms with Gasteiger partial charge in [-0.05, 0) is 55.7 Å². The maximum Gasteiger partial charge on any atom is 0.142 e. The van der Waals surface area contributed by atoms with Crippen molar-refractivity contribution in [3.8, 4) is 12.8 Å². The summed E-state index contributed by atoms with van der Waals surface area (Å²) in [5, 5.41) is 2.21. The van der Waals surface area contributed by atoms with Crippen LogP contribution in [-0.2, 0) is 5.54 Å². The van der Waals surface area contributed by atoms with Crippen molar-refractivity contribution in [2.45, 2.75) is 26.3 Å². The van der Waals surface area contributed by atoms with Gasteiger partial charge in [0.25, 0.3) is 0 Å². The van der Waals surface area contributed by atoms with E-state index in [1.54, 1.807) is 0 Å². The van der Waals surface area contributed by atoms with Crippen LogP contribution in [0.5, 0.6) is 0 Å². The van der Waals surface area contributed by atoms with Crippen LogP contribution in [0.15, 0.2) is 115 Å². The lowest BCUT2D eigenvalue weighted by atomic mass is 9.75. The van der Waals surface area contributed by atoms with Gasteiger partial charge in [0.2, 0.25) is 0 Å². The highest BCUT2D eigenvalue weighted by molar-refractivity contribution is 6.07. The molecule has 5 rings (SSSR count). The molecule has 0 aliphatic rings. The van der Waals surface area contributed by atoms with Crippen molar-refractivity contribution in [3.05, 3.63) is 132 Å². The van der Waals surface area contributed by atoms with Crippen LogP contribution in [0.25, 0.3) is 21.9 Å². The topological polar surface area (TPSA) is 30.7 Å². The van der Waals surface area contributed by atoms with E-state index in [-0.39, 0.29) is 0 Å². The molecule has 35 heavy (non-hydrogen) atoms. The summed E-state index contributed by atoms with van der Waals surface area (Å²) in [5.74, 6) is 0. The molecule has 0 saturated heterocycles. The maximum atomic E-state index is 5.09. The third kappa shape index (κ3) is 3.84. The van der Waals surface area contributed by atoms with E-state index in [0.717, 1.165) is 27.6 Å². The zero-order valence-electron chi connectivity index (χ0n) is 20.4. The fourth-order valence-corrected chi connectivity index (χ4v) is 5.02. The summed E-state index contributed by atoms with van der Waals surface area (Å²) in [6.45, 7) is 6.24. The highest BCUT2D eigenvalue weighted by Crippen LogP contribution is 2.46. The number of aromatic nitrogens is 3. The average molecular weight is 456 g/mol. The molecule has 0 bridgehead atoms. The molecule has 3 heteroatoms. The van der Waals surface area contributed by atoms with Gasteiger partial charge in [0.1, 0.15) is 11.2 Å². The molecule has 2 aromatic carbocycles. The molecule has 3 nitrogen and oxygen atoms in total. The van der Waals surface area contributed by atoms with Gasteiger partial charge >= 0.3 is 0 Å². The Labute approximate surface area is 207 Å². The predicted molar refractivity (Wildman–Crippen MR) is 147 cm³/mol. The number of nitrogens with zero attached hydrogens (tertiary/aromatic N) is 3. The largest absolute Gasteiger partial charge is 0.307 e. The number of hydrogen-bond acceptors (Lipinski definition) is 2. The molecule has 0 atom stereocenters. The van der Waals surface area contributed by atoms with Gasteiger partial charge in [0, 0.05) is 28.9 Å². The third-order valence-corrected chi connectivity index (χ3v) is 6.35. The SMILES string of the molecule is C#C.C/C=C\C(=C/C)C(c1ccccc1)(c1ccccc1)n1c2ccncc2c2ccc(C)nc21. The molecule has 0 N–H and O–H groups in total. The molecule has 0 unspecified atom stereocenters. The van der Waals surface area contributed by atoms with E-state index in [1.807, 2.05) is 12.4 Å². The van der Waals surface area contributed by atoms with Crippen LogP contribution in [0.2, 0.25) is 0 Å². The zero-order chi connectivity index (χ0) is 24.8. The first kappa shape index (κ1) is 23.7. The Morgan fingerprint density at radius 3 is 2.03 bits per heavy atom. The van der Waals surface area contributed by atoms with Crippen LogP contribution in [0.1, 0.15) is 30.7 Å². The number of benzene rings is 2. The molecule has 0 aliphatic heterocycles. The maximum absolute atomic E-state index is 5.09. The van der Waals surface area contributed by atoms with Crippen LogP contribution in [-0.4, -0.2) is 14.5 Å². The lowest BCUT2D eigenvalue weighted by molar-refractivity contribution is 0.543. The van der Waals surface area contributed by atoms with E-state index in [1.165, 1.54) is 16.7 Å². The van der Waals surface area contributed by atoms with Crippen LogP contribution < -0.4 is 0 Å². The van der Waals surface area contributed by atoms with E-state index >= 15 is 0 Å². The van der Waals surface area contributed by atoms with Crippen molar-refractivity contribution < 1.29 is 0 Å². The van der Waals surface area contributed by atoms with E-state index in [9.17, 15) is 0 Å². The first-order valence-corrected chi connectivity index (χ1v) is 11.7. The molecule has 0 spiro atoms. The molecule has 0 amide bonds. The fourth-order valence-electron chi connectivity index (χ4n) is 5.02. The van der Waals surface area contributed by atoms with Gasteiger partial charge in [-0.25, -0.2) is 4.98 Å². The molecule has 3 heterocycles. The summed E-state index contributed by atoms with van der Waals surface area (Å²) in [7, 11) is 0. The van der Waals surface area contributed by atoms with Crippen molar-refractivity contribution in [1.29, 1.82) is 0 Å². The Hall–Kier alpha value is -4.42. The first-order valence-electron chi connectivity index (χ1n) is 11.7. The number of pyridine rings is 2. The van der Waals surface area contributed by atoms with Crippen LogP contribution >= 0.6 is 0 Å². The number of aryl methyl sites for hydroxylation is 1. The summed E-state index contributed by atoms with van der Waals surface area (Å²) >= 11 is 0. The Bertz CT molecular complexity index is 1480. The highest BCUT2D eigenvalue weighted by Gasteiger charge is 2.41. The number of allylic oxidation sites excluding steroid dienone is 4. The highest BCUT2D eigenvalue weighted by atomic mass is 15.1. The van der Waals surface area contributed by atoms with Crippen molar-refractivity contribution in [1.82, 2.24) is 14.5 Å². The van der Waals surface area contributed by atoms with Crippen molar-refractivity contribution in [3.63, 3.8) is 0 Å². The van der Waals surface area contributed by atoms with Gasteiger partial charge in [-0.15, -0.1) is 12.8 Å². The molecule has 0 fully saturated rings. The van der Waals surface area contributed by atoms with Gasteiger partial charge in [-0.3, -0.25) is 4.98 Å². The number of rotatable bonds is 5. The van der Waals surface area contributed by atoms with E-state index in [2.05, 4.69) is 140 Å². The Morgan fingerprint density at radius 1 is 0.829 bits per heavy atom. The van der Waals surface area contributed by atoms with E-state index in [4.69, 9.17) is 4.98 Å². The standard InChI is InChI=1S/C30H27N3.C2H2/c1-4-12-23(5-2)30(24-13-8-6-9-14-24,25-15-10-7-11-16-25)33-28-19-20-31-21-27(28)26-18-17-22(3)32-29(26)33;1-2/h4-21H,1-3H3;1-2H/b12-4-,23-5+;. The zero-order valence-corrected chi connectivity index (χ0v) is 20.4. The molecule has 3 aromatic heterocycles. The smallest absolute Gasteiger partial charge is 0.142 e. The number of fused-ring (bicyclic) bond motifs is 3. The summed E-state index contributed by atoms with van der Waals surface area (Å²) in [6.07, 6.45) is 18.4. The van der Waals surface area contributed by atoms with Crippen LogP contribution in [0.3, 0.4) is 0 Å². The Balaban J connectivity index is 0.00000141. The predicted octanol–water partition coefficient (Wildman–Crippen LogP) is 7.46. The second kappa shape index (κ2) is 10.2. The Morgan fingerprint density at radius 2 is 1.46 bits per heavy atom. The second-order valence-corrected chi connectivity index (χ2v) is 8.24. The van der Waals surface area contributed by atoms with Gasteiger partial charge in [0.15, 0.2) is 0 Å². The lowest BCUT2D eigenvalue weighted by Crippen LogP contribution is -2.38. The van der Waals surface area contributed by atoms with Crippen molar-refractivity contribution >= 4 is 21.9 Å². The second-order valence-electron chi connectivity index (χ2n) is 8.24. The minimum atomic E-state index is -0.619. The Kier molecular flexibility index (Phi) is 6.94. The normalized spacial score (nSPS) is 12.1. The fraction of sp³-hybridized carbons (Fsp3) is 0.125. The average Bonchev–Trinajstić information content (AvgIpc) is 3.24. The van der Waals surface area contributed by atoms with E-state index in [0.29, 0.717) is 0 Å². The third-order valence-electron chi connectivity index (χ3n) is 6.35. The van der Waals surface area contributed by atoms with Gasteiger partial charge < -0.3 is 4.57 Å². The minimum absolute atomic E-state index is 0.619. The van der Waals surface area contributed by atoms with Gasteiger partial charge in [-0.2, -0.15) is 0 Å². The summed E-state index contributed by atoms with van der Waals surface area (Å²) in [6, 6.07) is 27.8. The van der Waals surface area contributed by atoms with Gasteiger partial charge in [-0.1, -0.05) is 78.9 Å². The van der Waals surface area contributed by atoms with Crippen LogP contribution in [0.4, 0.5) is 0 Å². The summed E-state index contributed by atoms with van der Waals surface area (Å²) in [5.41, 5.74) is 5.97. The molecule has 0 aliphatic carbocycles. The first-order chi connectivity index (χ1) is 17.2. The number of hydrogen-bond donors (Lipinski definition) is 0. The minimum Gasteiger partial charge on any atom is -0.307 e. The van der Waals surface area contributed by atoms with Crippen molar-refractivity contribution in [2.24, 2.45) is 0 Å². The number of terminal acetylenes is 1. The van der Waals surface area contributed by atoms with E-state index < -0.39 is 5.54 Å². The van der Waals surface area contributed by atoms with Crippen molar-refractivity contribution in [2.75, 3.05) is 0 Å². The molecule has 172 valence electrons.